The van der Waals surface area contributed by atoms with Crippen LogP contribution >= 0.6 is 11.3 Å². The van der Waals surface area contributed by atoms with Crippen LogP contribution < -0.4 is 11.1 Å². The summed E-state index contributed by atoms with van der Waals surface area (Å²) < 4.78 is 23.5. The Morgan fingerprint density at radius 3 is 2.90 bits per heavy atom. The first-order valence-corrected chi connectivity index (χ1v) is 9.65. The molecule has 3 rings (SSSR count). The molecule has 0 radical (unpaired) electrons. The normalized spacial score (nSPS) is 18.2. The molecule has 0 bridgehead atoms. The molecule has 0 spiro atoms. The van der Waals surface area contributed by atoms with Gasteiger partial charge in [0.2, 0.25) is 0 Å². The van der Waals surface area contributed by atoms with Gasteiger partial charge < -0.3 is 11.1 Å². The number of rotatable bonds is 3. The van der Waals surface area contributed by atoms with Crippen LogP contribution in [0, 0.1) is 0 Å². The van der Waals surface area contributed by atoms with Crippen LogP contribution in [0.15, 0.2) is 34.5 Å². The molecule has 1 unspecified atom stereocenters. The molecule has 0 aliphatic heterocycles. The number of anilines is 2. The highest BCUT2D eigenvalue weighted by atomic mass is 32.2. The average molecular weight is 322 g/mol. The molecule has 1 atom stereocenters. The standard InChI is InChI=1S/C15H18N2O2S2/c1-21(18,19)14-7-3-5-12(15(14)16)17-11-4-2-6-13-10(11)8-9-20-13/h3,5,7-9,11,17H,2,4,6,16H2,1H3. The van der Waals surface area contributed by atoms with E-state index in [9.17, 15) is 8.42 Å². The Labute approximate surface area is 128 Å². The summed E-state index contributed by atoms with van der Waals surface area (Å²) in [6.07, 6.45) is 4.48. The van der Waals surface area contributed by atoms with Gasteiger partial charge >= 0.3 is 0 Å². The fraction of sp³-hybridized carbons (Fsp3) is 0.333. The van der Waals surface area contributed by atoms with Gasteiger partial charge in [-0.25, -0.2) is 8.42 Å². The van der Waals surface area contributed by atoms with Crippen molar-refractivity contribution >= 4 is 32.5 Å². The Bertz CT molecular complexity index is 766. The summed E-state index contributed by atoms with van der Waals surface area (Å²) in [5.74, 6) is 0. The Morgan fingerprint density at radius 1 is 1.33 bits per heavy atom. The molecular formula is C15H18N2O2S2. The van der Waals surface area contributed by atoms with Crippen molar-refractivity contribution in [2.45, 2.75) is 30.2 Å². The van der Waals surface area contributed by atoms with Crippen molar-refractivity contribution < 1.29 is 8.42 Å². The molecule has 1 aromatic heterocycles. The van der Waals surface area contributed by atoms with Gasteiger partial charge in [-0.2, -0.15) is 0 Å². The SMILES string of the molecule is CS(=O)(=O)c1cccc(NC2CCCc3sccc32)c1N. The Balaban J connectivity index is 1.94. The van der Waals surface area contributed by atoms with Gasteiger partial charge in [0, 0.05) is 11.1 Å². The van der Waals surface area contributed by atoms with Crippen molar-refractivity contribution in [1.29, 1.82) is 0 Å². The minimum absolute atomic E-state index is 0.189. The van der Waals surface area contributed by atoms with Gasteiger partial charge in [-0.15, -0.1) is 11.3 Å². The summed E-state index contributed by atoms with van der Waals surface area (Å²) in [5.41, 5.74) is 8.36. The first-order chi connectivity index (χ1) is 9.97. The van der Waals surface area contributed by atoms with Crippen LogP contribution in [0.4, 0.5) is 11.4 Å². The zero-order valence-electron chi connectivity index (χ0n) is 11.8. The first kappa shape index (κ1) is 14.4. The van der Waals surface area contributed by atoms with Crippen LogP contribution in [0.3, 0.4) is 0 Å². The van der Waals surface area contributed by atoms with Crippen LogP contribution in [-0.4, -0.2) is 14.7 Å². The number of sulfone groups is 1. The minimum Gasteiger partial charge on any atom is -0.396 e. The number of nitrogens with one attached hydrogen (secondary N) is 1. The van der Waals surface area contributed by atoms with Gasteiger partial charge in [0.15, 0.2) is 9.84 Å². The van der Waals surface area contributed by atoms with Gasteiger partial charge in [0.05, 0.1) is 22.3 Å². The zero-order chi connectivity index (χ0) is 15.0. The molecule has 0 amide bonds. The highest BCUT2D eigenvalue weighted by Gasteiger charge is 2.22. The van der Waals surface area contributed by atoms with Crippen LogP contribution in [0.2, 0.25) is 0 Å². The van der Waals surface area contributed by atoms with Gasteiger partial charge in [-0.05, 0) is 48.4 Å². The van der Waals surface area contributed by atoms with Crippen LogP contribution in [-0.2, 0) is 16.3 Å². The van der Waals surface area contributed by atoms with Crippen molar-refractivity contribution in [3.8, 4) is 0 Å². The number of fused-ring (bicyclic) bond motifs is 1. The maximum absolute atomic E-state index is 11.7. The van der Waals surface area contributed by atoms with E-state index in [0.29, 0.717) is 11.4 Å². The van der Waals surface area contributed by atoms with E-state index in [4.69, 9.17) is 5.73 Å². The van der Waals surface area contributed by atoms with Gasteiger partial charge in [-0.3, -0.25) is 0 Å². The quantitative estimate of drug-likeness (QED) is 0.851. The molecule has 0 saturated carbocycles. The summed E-state index contributed by atoms with van der Waals surface area (Å²) in [7, 11) is -3.31. The zero-order valence-corrected chi connectivity index (χ0v) is 13.4. The number of aryl methyl sites for hydroxylation is 1. The monoisotopic (exact) mass is 322 g/mol. The molecule has 1 aromatic carbocycles. The third-order valence-corrected chi connectivity index (χ3v) is 6.00. The first-order valence-electron chi connectivity index (χ1n) is 6.88. The lowest BCUT2D eigenvalue weighted by molar-refractivity contribution is 0.601. The van der Waals surface area contributed by atoms with E-state index in [2.05, 4.69) is 16.8 Å². The van der Waals surface area contributed by atoms with E-state index in [1.54, 1.807) is 23.5 Å². The highest BCUT2D eigenvalue weighted by Crippen LogP contribution is 2.37. The Morgan fingerprint density at radius 2 is 2.14 bits per heavy atom. The molecule has 0 saturated heterocycles. The molecule has 1 aliphatic carbocycles. The van der Waals surface area contributed by atoms with E-state index in [0.717, 1.165) is 19.3 Å². The molecule has 4 nitrogen and oxygen atoms in total. The van der Waals surface area contributed by atoms with E-state index < -0.39 is 9.84 Å². The summed E-state index contributed by atoms with van der Waals surface area (Å²) in [5, 5.41) is 5.53. The second-order valence-corrected chi connectivity index (χ2v) is 8.36. The maximum Gasteiger partial charge on any atom is 0.177 e. The van der Waals surface area contributed by atoms with Crippen molar-refractivity contribution in [2.75, 3.05) is 17.3 Å². The highest BCUT2D eigenvalue weighted by molar-refractivity contribution is 7.90. The Kier molecular flexibility index (Phi) is 3.67. The van der Waals surface area contributed by atoms with Crippen molar-refractivity contribution in [3.05, 3.63) is 40.1 Å². The van der Waals surface area contributed by atoms with E-state index in [1.807, 2.05) is 6.07 Å². The lowest BCUT2D eigenvalue weighted by atomic mass is 9.94. The van der Waals surface area contributed by atoms with Crippen molar-refractivity contribution in [1.82, 2.24) is 0 Å². The summed E-state index contributed by atoms with van der Waals surface area (Å²) in [4.78, 5) is 1.60. The molecule has 2 aromatic rings. The smallest absolute Gasteiger partial charge is 0.177 e. The predicted octanol–water partition coefficient (Wildman–Crippen LogP) is 3.22. The number of nitrogen functional groups attached to an aromatic ring is 1. The topological polar surface area (TPSA) is 72.2 Å². The fourth-order valence-electron chi connectivity index (χ4n) is 2.82. The molecule has 21 heavy (non-hydrogen) atoms. The van der Waals surface area contributed by atoms with E-state index in [1.165, 1.54) is 16.7 Å². The van der Waals surface area contributed by atoms with Crippen LogP contribution in [0.1, 0.15) is 29.3 Å². The number of para-hydroxylation sites is 1. The summed E-state index contributed by atoms with van der Waals surface area (Å²) >= 11 is 1.78. The minimum atomic E-state index is -3.31. The molecule has 1 heterocycles. The summed E-state index contributed by atoms with van der Waals surface area (Å²) in [6.45, 7) is 0. The van der Waals surface area contributed by atoms with Gasteiger partial charge in [-0.1, -0.05) is 6.07 Å². The number of nitrogens with two attached hydrogens (primary N) is 1. The van der Waals surface area contributed by atoms with Gasteiger partial charge in [0.1, 0.15) is 0 Å². The summed E-state index contributed by atoms with van der Waals surface area (Å²) in [6, 6.07) is 7.47. The van der Waals surface area contributed by atoms with E-state index in [-0.39, 0.29) is 10.9 Å². The number of hydrogen-bond acceptors (Lipinski definition) is 5. The van der Waals surface area contributed by atoms with Crippen molar-refractivity contribution in [3.63, 3.8) is 0 Å². The predicted molar refractivity (Wildman–Crippen MR) is 87.6 cm³/mol. The molecule has 0 fully saturated rings. The van der Waals surface area contributed by atoms with Crippen molar-refractivity contribution in [2.24, 2.45) is 0 Å². The molecular weight excluding hydrogens is 304 g/mol. The molecule has 6 heteroatoms. The van der Waals surface area contributed by atoms with Crippen LogP contribution in [0.25, 0.3) is 0 Å². The number of benzene rings is 1. The lowest BCUT2D eigenvalue weighted by Crippen LogP contribution is -2.17. The second-order valence-electron chi connectivity index (χ2n) is 5.38. The fourth-order valence-corrected chi connectivity index (χ4v) is 4.64. The molecule has 3 N–H and O–H groups in total. The molecule has 1 aliphatic rings. The third-order valence-electron chi connectivity index (χ3n) is 3.85. The third kappa shape index (κ3) is 2.78. The maximum atomic E-state index is 11.7. The molecule has 112 valence electrons. The lowest BCUT2D eigenvalue weighted by Gasteiger charge is -2.25. The largest absolute Gasteiger partial charge is 0.396 e. The average Bonchev–Trinajstić information content (AvgIpc) is 2.89. The second kappa shape index (κ2) is 5.35. The number of hydrogen-bond donors (Lipinski definition) is 2. The Hall–Kier alpha value is -1.53. The van der Waals surface area contributed by atoms with Gasteiger partial charge in [0.25, 0.3) is 0 Å². The van der Waals surface area contributed by atoms with E-state index >= 15 is 0 Å². The van der Waals surface area contributed by atoms with Crippen LogP contribution in [0.5, 0.6) is 0 Å². The number of thiophene rings is 1.